The van der Waals surface area contributed by atoms with Crippen molar-refractivity contribution in [3.63, 3.8) is 0 Å². The molecule has 0 aliphatic carbocycles. The Morgan fingerprint density at radius 2 is 2.08 bits per heavy atom. The number of nitrogens with one attached hydrogen (secondary N) is 1. The third kappa shape index (κ3) is 5.81. The number of alkyl halides is 3. The van der Waals surface area contributed by atoms with Gasteiger partial charge in [0.1, 0.15) is 6.54 Å². The van der Waals surface area contributed by atoms with Crippen LogP contribution in [-0.2, 0) is 4.79 Å². The Kier molecular flexibility index (Phi) is 7.79. The van der Waals surface area contributed by atoms with Crippen molar-refractivity contribution >= 4 is 29.9 Å². The maximum atomic E-state index is 12.4. The molecule has 1 aromatic carbocycles. The van der Waals surface area contributed by atoms with Crippen LogP contribution >= 0.6 is 24.0 Å². The number of carbonyl (C=O) groups is 1. The highest BCUT2D eigenvalue weighted by Gasteiger charge is 2.33. The largest absolute Gasteiger partial charge is 0.406 e. The zero-order chi connectivity index (χ0) is 17.0. The quantitative estimate of drug-likeness (QED) is 0.865. The summed E-state index contributed by atoms with van der Waals surface area (Å²) in [7, 11) is 1.17. The van der Waals surface area contributed by atoms with Crippen molar-refractivity contribution in [3.05, 3.63) is 34.9 Å². The number of hydrogen-bond acceptors (Lipinski definition) is 3. The van der Waals surface area contributed by atoms with Gasteiger partial charge in [-0.1, -0.05) is 29.8 Å². The van der Waals surface area contributed by atoms with Crippen LogP contribution in [0.1, 0.15) is 11.6 Å². The number of hydrogen-bond donors (Lipinski definition) is 1. The molecule has 0 aromatic heterocycles. The molecule has 1 N–H and O–H groups in total. The van der Waals surface area contributed by atoms with Crippen LogP contribution in [0.15, 0.2) is 24.3 Å². The fraction of sp³-hybridized carbons (Fsp3) is 0.533. The molecule has 1 saturated heterocycles. The number of nitrogens with zero attached hydrogens (tertiary/aromatic N) is 2. The summed E-state index contributed by atoms with van der Waals surface area (Å²) in [5.74, 6) is -0.554. The third-order valence-corrected chi connectivity index (χ3v) is 4.14. The van der Waals surface area contributed by atoms with E-state index >= 15 is 0 Å². The molecule has 0 bridgehead atoms. The molecule has 24 heavy (non-hydrogen) atoms. The zero-order valence-electron chi connectivity index (χ0n) is 13.1. The van der Waals surface area contributed by atoms with E-state index in [0.29, 0.717) is 29.6 Å². The van der Waals surface area contributed by atoms with Gasteiger partial charge in [0, 0.05) is 37.7 Å². The van der Waals surface area contributed by atoms with E-state index < -0.39 is 18.6 Å². The van der Waals surface area contributed by atoms with Gasteiger partial charge >= 0.3 is 6.18 Å². The molecule has 4 nitrogen and oxygen atoms in total. The first-order valence-electron chi connectivity index (χ1n) is 7.28. The first kappa shape index (κ1) is 21.0. The lowest BCUT2D eigenvalue weighted by Crippen LogP contribution is -2.50. The number of halogens is 5. The van der Waals surface area contributed by atoms with Crippen LogP contribution in [0.4, 0.5) is 13.2 Å². The second-order valence-corrected chi connectivity index (χ2v) is 5.98. The number of piperazine rings is 1. The number of rotatable bonds is 4. The van der Waals surface area contributed by atoms with Crippen molar-refractivity contribution in [2.24, 2.45) is 0 Å². The van der Waals surface area contributed by atoms with E-state index in [9.17, 15) is 18.0 Å². The highest BCUT2D eigenvalue weighted by molar-refractivity contribution is 6.31. The fourth-order valence-corrected chi connectivity index (χ4v) is 2.90. The molecule has 136 valence electrons. The molecule has 1 amide bonds. The standard InChI is InChI=1S/C15H19ClF3N3O.ClH/c1-21(10-15(17,18)19)14(23)9-22-7-6-20-8-13(22)11-4-2-3-5-12(11)16;/h2-5,13,20H,6-10H2,1H3;1H. The summed E-state index contributed by atoms with van der Waals surface area (Å²) in [4.78, 5) is 14.7. The summed E-state index contributed by atoms with van der Waals surface area (Å²) in [6, 6.07) is 7.17. The van der Waals surface area contributed by atoms with Gasteiger partial charge in [0.05, 0.1) is 6.54 Å². The van der Waals surface area contributed by atoms with Gasteiger partial charge in [-0.15, -0.1) is 12.4 Å². The van der Waals surface area contributed by atoms with Crippen LogP contribution in [0.25, 0.3) is 0 Å². The van der Waals surface area contributed by atoms with Crippen LogP contribution < -0.4 is 5.32 Å². The minimum Gasteiger partial charge on any atom is -0.336 e. The van der Waals surface area contributed by atoms with Crippen molar-refractivity contribution < 1.29 is 18.0 Å². The predicted molar refractivity (Wildman–Crippen MR) is 89.6 cm³/mol. The van der Waals surface area contributed by atoms with Gasteiger partial charge in [-0.05, 0) is 11.6 Å². The lowest BCUT2D eigenvalue weighted by Gasteiger charge is -2.37. The van der Waals surface area contributed by atoms with Gasteiger partial charge in [0.2, 0.25) is 5.91 Å². The molecule has 1 aromatic rings. The van der Waals surface area contributed by atoms with Crippen molar-refractivity contribution in [2.45, 2.75) is 12.2 Å². The van der Waals surface area contributed by atoms with E-state index in [1.165, 1.54) is 7.05 Å². The van der Waals surface area contributed by atoms with E-state index in [-0.39, 0.29) is 25.0 Å². The van der Waals surface area contributed by atoms with Crippen molar-refractivity contribution in [1.82, 2.24) is 15.1 Å². The second kappa shape index (κ2) is 8.89. The summed E-state index contributed by atoms with van der Waals surface area (Å²) in [5, 5.41) is 3.81. The Hall–Kier alpha value is -1.02. The first-order chi connectivity index (χ1) is 10.8. The van der Waals surface area contributed by atoms with Crippen molar-refractivity contribution in [2.75, 3.05) is 39.8 Å². The predicted octanol–water partition coefficient (Wildman–Crippen LogP) is 2.73. The lowest BCUT2D eigenvalue weighted by molar-refractivity contribution is -0.159. The van der Waals surface area contributed by atoms with E-state index in [4.69, 9.17) is 11.6 Å². The highest BCUT2D eigenvalue weighted by Crippen LogP contribution is 2.28. The molecule has 1 atom stereocenters. The van der Waals surface area contributed by atoms with Gasteiger partial charge in [-0.3, -0.25) is 9.69 Å². The van der Waals surface area contributed by atoms with Crippen molar-refractivity contribution in [1.29, 1.82) is 0 Å². The summed E-state index contributed by atoms with van der Waals surface area (Å²) >= 11 is 6.21. The van der Waals surface area contributed by atoms with Gasteiger partial charge in [-0.2, -0.15) is 13.2 Å². The van der Waals surface area contributed by atoms with Crippen molar-refractivity contribution in [3.8, 4) is 0 Å². The zero-order valence-corrected chi connectivity index (χ0v) is 14.7. The Morgan fingerprint density at radius 1 is 1.42 bits per heavy atom. The van der Waals surface area contributed by atoms with Crippen LogP contribution in [0.3, 0.4) is 0 Å². The number of amides is 1. The van der Waals surface area contributed by atoms with E-state index in [1.807, 2.05) is 23.1 Å². The Bertz CT molecular complexity index is 557. The topological polar surface area (TPSA) is 35.6 Å². The molecule has 0 spiro atoms. The van der Waals surface area contributed by atoms with Gasteiger partial charge in [0.25, 0.3) is 0 Å². The number of likely N-dealkylation sites (N-methyl/N-ethyl adjacent to an activating group) is 1. The molecule has 1 fully saturated rings. The SMILES string of the molecule is CN(CC(F)(F)F)C(=O)CN1CCNCC1c1ccccc1Cl.Cl. The minimum absolute atomic E-state index is 0. The molecule has 0 saturated carbocycles. The maximum Gasteiger partial charge on any atom is 0.406 e. The van der Waals surface area contributed by atoms with Crippen LogP contribution in [-0.4, -0.2) is 61.7 Å². The summed E-state index contributed by atoms with van der Waals surface area (Å²) in [6.45, 7) is 0.539. The molecular formula is C15H20Cl2F3N3O. The fourth-order valence-electron chi connectivity index (χ4n) is 2.64. The molecule has 1 aliphatic heterocycles. The molecule has 2 rings (SSSR count). The van der Waals surface area contributed by atoms with Gasteiger partial charge in [-0.25, -0.2) is 0 Å². The second-order valence-electron chi connectivity index (χ2n) is 5.58. The third-order valence-electron chi connectivity index (χ3n) is 3.80. The van der Waals surface area contributed by atoms with E-state index in [1.54, 1.807) is 6.07 Å². The van der Waals surface area contributed by atoms with Gasteiger partial charge < -0.3 is 10.2 Å². The number of carbonyl (C=O) groups excluding carboxylic acids is 1. The molecular weight excluding hydrogens is 366 g/mol. The van der Waals surface area contributed by atoms with Crippen LogP contribution in [0.2, 0.25) is 5.02 Å². The minimum atomic E-state index is -4.39. The average Bonchev–Trinajstić information content (AvgIpc) is 2.47. The molecule has 1 aliphatic rings. The Balaban J connectivity index is 0.00000288. The normalized spacial score (nSPS) is 18.8. The maximum absolute atomic E-state index is 12.4. The number of benzene rings is 1. The van der Waals surface area contributed by atoms with Gasteiger partial charge in [0.15, 0.2) is 0 Å². The highest BCUT2D eigenvalue weighted by atomic mass is 35.5. The smallest absolute Gasteiger partial charge is 0.336 e. The summed E-state index contributed by atoms with van der Waals surface area (Å²) in [5.41, 5.74) is 0.868. The van der Waals surface area contributed by atoms with E-state index in [0.717, 1.165) is 5.56 Å². The summed E-state index contributed by atoms with van der Waals surface area (Å²) in [6.07, 6.45) is -4.39. The lowest BCUT2D eigenvalue weighted by atomic mass is 10.0. The average molecular weight is 386 g/mol. The first-order valence-corrected chi connectivity index (χ1v) is 7.65. The monoisotopic (exact) mass is 385 g/mol. The Morgan fingerprint density at radius 3 is 2.71 bits per heavy atom. The molecule has 0 radical (unpaired) electrons. The molecule has 1 heterocycles. The van der Waals surface area contributed by atoms with Crippen LogP contribution in [0.5, 0.6) is 0 Å². The van der Waals surface area contributed by atoms with E-state index in [2.05, 4.69) is 5.32 Å². The summed E-state index contributed by atoms with van der Waals surface area (Å²) < 4.78 is 37.2. The van der Waals surface area contributed by atoms with Crippen LogP contribution in [0, 0.1) is 0 Å². The Labute approximate surface area is 150 Å². The molecule has 1 unspecified atom stereocenters. The molecule has 9 heteroatoms.